The average Bonchev–Trinajstić information content (AvgIpc) is 3.55. The number of nitrogens with one attached hydrogen (secondary N) is 2. The van der Waals surface area contributed by atoms with E-state index in [1.54, 1.807) is 19.2 Å². The second kappa shape index (κ2) is 11.0. The standard InChI is InChI=1S/C26H31F5N8O2/c1-3-38-20(6-9-33-38)23(41)36-21(15-4-7-25(27,28)8-5-15)19-13-39-24(35-19)34-14(2)18(37-39)11-16-10-17(26(29,30)31)12-32-22(16)40/h6,9,13,15-17,21H,3-5,7-8,10-12H2,1-2H3,(H,32,40)(H,36,41)/t16-,17-,21+/m1/s1. The van der Waals surface area contributed by atoms with Gasteiger partial charge in [0.05, 0.1) is 35.2 Å². The number of hydrogen-bond donors (Lipinski definition) is 2. The number of hydrogen-bond acceptors (Lipinski definition) is 6. The molecule has 0 spiro atoms. The number of fused-ring (bicyclic) bond motifs is 1. The summed E-state index contributed by atoms with van der Waals surface area (Å²) < 4.78 is 70.7. The molecule has 0 unspecified atom stereocenters. The summed E-state index contributed by atoms with van der Waals surface area (Å²) in [5.74, 6) is -6.38. The van der Waals surface area contributed by atoms with E-state index in [9.17, 15) is 31.5 Å². The summed E-state index contributed by atoms with van der Waals surface area (Å²) in [6, 6.07) is 0.848. The van der Waals surface area contributed by atoms with E-state index in [2.05, 4.69) is 30.8 Å². The average molecular weight is 583 g/mol. The van der Waals surface area contributed by atoms with Crippen LogP contribution in [0.4, 0.5) is 22.0 Å². The lowest BCUT2D eigenvalue weighted by atomic mass is 9.81. The third-order valence-electron chi connectivity index (χ3n) is 8.05. The molecule has 1 saturated heterocycles. The summed E-state index contributed by atoms with van der Waals surface area (Å²) in [5, 5.41) is 13.9. The van der Waals surface area contributed by atoms with Crippen molar-refractivity contribution in [2.45, 2.75) is 77.1 Å². The molecule has 10 nitrogen and oxygen atoms in total. The summed E-state index contributed by atoms with van der Waals surface area (Å²) in [5.41, 5.74) is 1.44. The number of rotatable bonds is 7. The molecule has 5 rings (SSSR count). The minimum Gasteiger partial charge on any atom is -0.355 e. The first-order valence-corrected chi connectivity index (χ1v) is 13.6. The number of carbonyl (C=O) groups is 2. The first-order chi connectivity index (χ1) is 19.3. The van der Waals surface area contributed by atoms with Gasteiger partial charge in [0.1, 0.15) is 5.69 Å². The molecule has 2 N–H and O–H groups in total. The zero-order valence-corrected chi connectivity index (χ0v) is 22.6. The van der Waals surface area contributed by atoms with Gasteiger partial charge in [-0.25, -0.2) is 23.3 Å². The fourth-order valence-corrected chi connectivity index (χ4v) is 5.67. The number of nitrogens with zero attached hydrogens (tertiary/aromatic N) is 6. The highest BCUT2D eigenvalue weighted by Crippen LogP contribution is 2.41. The molecule has 1 saturated carbocycles. The van der Waals surface area contributed by atoms with Gasteiger partial charge in [0.15, 0.2) is 0 Å². The number of alkyl halides is 5. The smallest absolute Gasteiger partial charge is 0.355 e. The van der Waals surface area contributed by atoms with E-state index in [-0.39, 0.29) is 50.2 Å². The number of halogens is 5. The monoisotopic (exact) mass is 582 g/mol. The van der Waals surface area contributed by atoms with E-state index in [4.69, 9.17) is 0 Å². The zero-order chi connectivity index (χ0) is 29.5. The quantitative estimate of drug-likeness (QED) is 0.409. The molecule has 4 heterocycles. The van der Waals surface area contributed by atoms with Crippen LogP contribution in [0.2, 0.25) is 0 Å². The van der Waals surface area contributed by atoms with Crippen molar-refractivity contribution >= 4 is 17.6 Å². The second-order valence-electron chi connectivity index (χ2n) is 10.9. The van der Waals surface area contributed by atoms with Gasteiger partial charge in [0, 0.05) is 44.5 Å². The summed E-state index contributed by atoms with van der Waals surface area (Å²) in [6.45, 7) is 3.48. The fraction of sp³-hybridized carbons (Fsp3) is 0.615. The molecular formula is C26H31F5N8O2. The molecule has 2 fully saturated rings. The molecular weight excluding hydrogens is 551 g/mol. The lowest BCUT2D eigenvalue weighted by Crippen LogP contribution is -2.47. The summed E-state index contributed by atoms with van der Waals surface area (Å²) >= 11 is 0. The molecule has 15 heteroatoms. The van der Waals surface area contributed by atoms with Crippen LogP contribution in [0.1, 0.15) is 72.6 Å². The SMILES string of the molecule is CCn1nccc1C(=O)N[C@H](c1cn2nc(C[C@H]3C[C@@H](C(F)(F)F)CNC3=O)c(C)nc2n1)C1CCC(F)(F)CC1. The number of amides is 2. The largest absolute Gasteiger partial charge is 0.393 e. The number of aryl methyl sites for hydroxylation is 2. The highest BCUT2D eigenvalue weighted by Gasteiger charge is 2.45. The van der Waals surface area contributed by atoms with Gasteiger partial charge < -0.3 is 10.6 Å². The van der Waals surface area contributed by atoms with Crippen LogP contribution in [0, 0.1) is 24.7 Å². The van der Waals surface area contributed by atoms with Crippen molar-refractivity contribution in [2.24, 2.45) is 17.8 Å². The summed E-state index contributed by atoms with van der Waals surface area (Å²) in [6.07, 6.45) is -2.06. The molecule has 41 heavy (non-hydrogen) atoms. The van der Waals surface area contributed by atoms with Crippen molar-refractivity contribution in [2.75, 3.05) is 6.54 Å². The Morgan fingerprint density at radius 2 is 1.98 bits per heavy atom. The topological polar surface area (TPSA) is 119 Å². The molecule has 0 radical (unpaired) electrons. The van der Waals surface area contributed by atoms with E-state index in [1.807, 2.05) is 6.92 Å². The van der Waals surface area contributed by atoms with Crippen molar-refractivity contribution in [1.29, 1.82) is 0 Å². The third-order valence-corrected chi connectivity index (χ3v) is 8.05. The molecule has 222 valence electrons. The third kappa shape index (κ3) is 6.17. The van der Waals surface area contributed by atoms with Crippen molar-refractivity contribution in [3.05, 3.63) is 41.2 Å². The van der Waals surface area contributed by atoms with Gasteiger partial charge in [-0.05, 0) is 45.1 Å². The molecule has 3 aromatic rings. The molecule has 2 amide bonds. The van der Waals surface area contributed by atoms with Crippen molar-refractivity contribution < 1.29 is 31.5 Å². The van der Waals surface area contributed by atoms with E-state index in [0.717, 1.165) is 0 Å². The molecule has 0 aromatic carbocycles. The minimum absolute atomic E-state index is 0.0421. The normalized spacial score (nSPS) is 22.5. The molecule has 0 bridgehead atoms. The van der Waals surface area contributed by atoms with Gasteiger partial charge in [-0.2, -0.15) is 23.4 Å². The Balaban J connectivity index is 1.43. The van der Waals surface area contributed by atoms with Gasteiger partial charge in [0.25, 0.3) is 11.7 Å². The first-order valence-electron chi connectivity index (χ1n) is 13.6. The molecule has 1 aliphatic heterocycles. The maximum absolute atomic E-state index is 14.0. The maximum Gasteiger partial charge on any atom is 0.393 e. The Labute approximate surface area is 232 Å². The number of imidazole rings is 1. The van der Waals surface area contributed by atoms with Gasteiger partial charge in [0.2, 0.25) is 11.8 Å². The second-order valence-corrected chi connectivity index (χ2v) is 10.9. The molecule has 1 aliphatic carbocycles. The zero-order valence-electron chi connectivity index (χ0n) is 22.6. The fourth-order valence-electron chi connectivity index (χ4n) is 5.67. The predicted octanol–water partition coefficient (Wildman–Crippen LogP) is 3.80. The van der Waals surface area contributed by atoms with Gasteiger partial charge in [-0.15, -0.1) is 0 Å². The van der Waals surface area contributed by atoms with Gasteiger partial charge >= 0.3 is 6.18 Å². The predicted molar refractivity (Wildman–Crippen MR) is 135 cm³/mol. The highest BCUT2D eigenvalue weighted by molar-refractivity contribution is 5.92. The molecule has 3 aromatic heterocycles. The van der Waals surface area contributed by atoms with Crippen LogP contribution >= 0.6 is 0 Å². The number of piperidine rings is 1. The van der Waals surface area contributed by atoms with Crippen LogP contribution in [0.15, 0.2) is 18.5 Å². The van der Waals surface area contributed by atoms with E-state index in [0.29, 0.717) is 29.3 Å². The molecule has 2 aliphatic rings. The van der Waals surface area contributed by atoms with Crippen LogP contribution in [-0.2, 0) is 17.8 Å². The number of aromatic nitrogens is 6. The number of carbonyl (C=O) groups excluding carboxylic acids is 2. The van der Waals surface area contributed by atoms with Crippen molar-refractivity contribution in [3.63, 3.8) is 0 Å². The Morgan fingerprint density at radius 1 is 1.24 bits per heavy atom. The van der Waals surface area contributed by atoms with Crippen molar-refractivity contribution in [1.82, 2.24) is 40.0 Å². The van der Waals surface area contributed by atoms with E-state index < -0.39 is 48.3 Å². The van der Waals surface area contributed by atoms with E-state index >= 15 is 0 Å². The maximum atomic E-state index is 14.0. The van der Waals surface area contributed by atoms with Crippen LogP contribution in [0.25, 0.3) is 5.78 Å². The lowest BCUT2D eigenvalue weighted by molar-refractivity contribution is -0.183. The summed E-state index contributed by atoms with van der Waals surface area (Å²) in [4.78, 5) is 34.6. The van der Waals surface area contributed by atoms with Crippen LogP contribution < -0.4 is 10.6 Å². The Morgan fingerprint density at radius 3 is 2.66 bits per heavy atom. The van der Waals surface area contributed by atoms with Crippen molar-refractivity contribution in [3.8, 4) is 0 Å². The lowest BCUT2D eigenvalue weighted by Gasteiger charge is -2.33. The Bertz CT molecular complexity index is 1420. The van der Waals surface area contributed by atoms with Crippen LogP contribution in [0.3, 0.4) is 0 Å². The molecule has 3 atom stereocenters. The van der Waals surface area contributed by atoms with E-state index in [1.165, 1.54) is 15.4 Å². The summed E-state index contributed by atoms with van der Waals surface area (Å²) in [7, 11) is 0. The minimum atomic E-state index is -4.42. The van der Waals surface area contributed by atoms with Gasteiger partial charge in [-0.1, -0.05) is 0 Å². The van der Waals surface area contributed by atoms with Crippen LogP contribution in [0.5, 0.6) is 0 Å². The first kappa shape index (κ1) is 28.9. The van der Waals surface area contributed by atoms with Crippen LogP contribution in [-0.4, -0.2) is 59.8 Å². The Hall–Kier alpha value is -3.65. The van der Waals surface area contributed by atoms with Gasteiger partial charge in [-0.3, -0.25) is 14.3 Å². The highest BCUT2D eigenvalue weighted by atomic mass is 19.4. The Kier molecular flexibility index (Phi) is 7.72.